The van der Waals surface area contributed by atoms with Crippen molar-refractivity contribution in [3.8, 4) is 0 Å². The summed E-state index contributed by atoms with van der Waals surface area (Å²) in [5, 5.41) is 0.236. The minimum atomic E-state index is -0.526. The van der Waals surface area contributed by atoms with E-state index in [-0.39, 0.29) is 18.4 Å². The molecule has 1 amide bonds. The van der Waals surface area contributed by atoms with Crippen LogP contribution in [0.4, 0.5) is 10.6 Å². The molecule has 2 rings (SSSR count). The first kappa shape index (κ1) is 16.2. The van der Waals surface area contributed by atoms with Crippen LogP contribution in [-0.4, -0.2) is 30.2 Å². The zero-order chi connectivity index (χ0) is 15.9. The van der Waals surface area contributed by atoms with Gasteiger partial charge in [-0.25, -0.2) is 14.8 Å². The van der Waals surface area contributed by atoms with E-state index in [4.69, 9.17) is 21.1 Å². The Bertz CT molecular complexity index is 637. The Labute approximate surface area is 133 Å². The van der Waals surface area contributed by atoms with Crippen molar-refractivity contribution >= 4 is 23.5 Å². The molecular weight excluding hydrogens is 306 g/mol. The molecule has 22 heavy (non-hydrogen) atoms. The average molecular weight is 322 g/mol. The van der Waals surface area contributed by atoms with Crippen LogP contribution in [-0.2, 0) is 22.7 Å². The molecule has 0 spiro atoms. The van der Waals surface area contributed by atoms with E-state index in [1.807, 2.05) is 30.3 Å². The molecule has 1 aromatic carbocycles. The predicted octanol–water partition coefficient (Wildman–Crippen LogP) is 3.05. The van der Waals surface area contributed by atoms with E-state index >= 15 is 0 Å². The zero-order valence-corrected chi connectivity index (χ0v) is 13.1. The fourth-order valence-corrected chi connectivity index (χ4v) is 1.92. The van der Waals surface area contributed by atoms with Gasteiger partial charge in [-0.2, -0.15) is 0 Å². The normalized spacial score (nSPS) is 10.3. The molecule has 0 atom stereocenters. The van der Waals surface area contributed by atoms with Gasteiger partial charge in [0.25, 0.3) is 0 Å². The molecule has 2 aromatic rings. The van der Waals surface area contributed by atoms with Gasteiger partial charge < -0.3 is 9.47 Å². The van der Waals surface area contributed by atoms with Gasteiger partial charge in [0.15, 0.2) is 5.82 Å². The van der Waals surface area contributed by atoms with Gasteiger partial charge in [-0.3, -0.25) is 4.90 Å². The highest BCUT2D eigenvalue weighted by Crippen LogP contribution is 2.16. The zero-order valence-electron chi connectivity index (χ0n) is 12.3. The number of hydrogen-bond acceptors (Lipinski definition) is 5. The number of methoxy groups -OCH3 is 1. The summed E-state index contributed by atoms with van der Waals surface area (Å²) in [6.45, 7) is 0.397. The molecule has 0 aliphatic carbocycles. The Morgan fingerprint density at radius 1 is 1.23 bits per heavy atom. The van der Waals surface area contributed by atoms with Gasteiger partial charge >= 0.3 is 6.09 Å². The number of carbonyl (C=O) groups is 1. The van der Waals surface area contributed by atoms with E-state index < -0.39 is 6.09 Å². The highest BCUT2D eigenvalue weighted by molar-refractivity contribution is 6.29. The molecule has 0 aliphatic rings. The highest BCUT2D eigenvalue weighted by Gasteiger charge is 2.16. The Balaban J connectivity index is 2.03. The molecule has 0 saturated carbocycles. The Morgan fingerprint density at radius 2 is 1.95 bits per heavy atom. The topological polar surface area (TPSA) is 64.5 Å². The van der Waals surface area contributed by atoms with Crippen molar-refractivity contribution < 1.29 is 14.3 Å². The molecule has 1 heterocycles. The number of anilines is 1. The van der Waals surface area contributed by atoms with Crippen LogP contribution >= 0.6 is 11.6 Å². The predicted molar refractivity (Wildman–Crippen MR) is 82.8 cm³/mol. The Morgan fingerprint density at radius 3 is 2.64 bits per heavy atom. The van der Waals surface area contributed by atoms with Gasteiger partial charge in [0.2, 0.25) is 0 Å². The molecule has 0 bridgehead atoms. The number of amides is 1. The van der Waals surface area contributed by atoms with E-state index in [0.717, 1.165) is 5.56 Å². The number of hydrogen-bond donors (Lipinski definition) is 0. The van der Waals surface area contributed by atoms with E-state index in [9.17, 15) is 4.79 Å². The van der Waals surface area contributed by atoms with Crippen LogP contribution in [0.5, 0.6) is 0 Å². The monoisotopic (exact) mass is 321 g/mol. The molecule has 0 aliphatic heterocycles. The van der Waals surface area contributed by atoms with Gasteiger partial charge in [-0.05, 0) is 5.56 Å². The van der Waals surface area contributed by atoms with E-state index in [1.54, 1.807) is 7.05 Å². The van der Waals surface area contributed by atoms with Crippen molar-refractivity contribution in [2.24, 2.45) is 0 Å². The second kappa shape index (κ2) is 7.72. The maximum Gasteiger partial charge on any atom is 0.415 e. The molecule has 0 fully saturated rings. The standard InChI is InChI=1S/C15H16ClN3O3/c1-19(14-8-12(16)17-13(18-14)10-21-2)15(20)22-9-11-6-4-3-5-7-11/h3-8H,9-10H2,1-2H3. The van der Waals surface area contributed by atoms with Gasteiger partial charge in [0.05, 0.1) is 0 Å². The van der Waals surface area contributed by atoms with Gasteiger partial charge in [-0.1, -0.05) is 41.9 Å². The first-order chi connectivity index (χ1) is 10.6. The third kappa shape index (κ3) is 4.41. The molecule has 7 heteroatoms. The maximum absolute atomic E-state index is 12.1. The van der Waals surface area contributed by atoms with Crippen LogP contribution < -0.4 is 4.90 Å². The lowest BCUT2D eigenvalue weighted by atomic mass is 10.2. The summed E-state index contributed by atoms with van der Waals surface area (Å²) in [5.41, 5.74) is 0.907. The number of carbonyl (C=O) groups excluding carboxylic acids is 1. The van der Waals surface area contributed by atoms with E-state index in [0.29, 0.717) is 11.6 Å². The summed E-state index contributed by atoms with van der Waals surface area (Å²) >= 11 is 5.92. The van der Waals surface area contributed by atoms with Crippen molar-refractivity contribution in [1.29, 1.82) is 0 Å². The van der Waals surface area contributed by atoms with E-state index in [1.165, 1.54) is 18.1 Å². The first-order valence-corrected chi connectivity index (χ1v) is 6.94. The highest BCUT2D eigenvalue weighted by atomic mass is 35.5. The van der Waals surface area contributed by atoms with Gasteiger partial charge in [0, 0.05) is 20.2 Å². The van der Waals surface area contributed by atoms with Crippen molar-refractivity contribution in [3.05, 3.63) is 52.9 Å². The number of ether oxygens (including phenoxy) is 2. The first-order valence-electron chi connectivity index (χ1n) is 6.57. The molecule has 0 radical (unpaired) electrons. The largest absolute Gasteiger partial charge is 0.444 e. The molecule has 116 valence electrons. The maximum atomic E-state index is 12.1. The average Bonchev–Trinajstić information content (AvgIpc) is 2.52. The summed E-state index contributed by atoms with van der Waals surface area (Å²) in [5.74, 6) is 0.748. The van der Waals surface area contributed by atoms with Gasteiger partial charge in [0.1, 0.15) is 24.2 Å². The number of aromatic nitrogens is 2. The number of benzene rings is 1. The lowest BCUT2D eigenvalue weighted by Gasteiger charge is -2.17. The van der Waals surface area contributed by atoms with E-state index in [2.05, 4.69) is 9.97 Å². The molecule has 0 unspecified atom stereocenters. The fourth-order valence-electron chi connectivity index (χ4n) is 1.73. The summed E-state index contributed by atoms with van der Waals surface area (Å²) in [4.78, 5) is 21.6. The smallest absolute Gasteiger partial charge is 0.415 e. The SMILES string of the molecule is COCc1nc(Cl)cc(N(C)C(=O)OCc2ccccc2)n1. The molecule has 0 N–H and O–H groups in total. The van der Waals surface area contributed by atoms with Crippen LogP contribution in [0.3, 0.4) is 0 Å². The molecular formula is C15H16ClN3O3. The minimum absolute atomic E-state index is 0.188. The lowest BCUT2D eigenvalue weighted by Crippen LogP contribution is -2.28. The van der Waals surface area contributed by atoms with Gasteiger partial charge in [-0.15, -0.1) is 0 Å². The van der Waals surface area contributed by atoms with Crippen LogP contribution in [0.25, 0.3) is 0 Å². The van der Waals surface area contributed by atoms with Crippen molar-refractivity contribution in [1.82, 2.24) is 9.97 Å². The second-order valence-electron chi connectivity index (χ2n) is 4.50. The second-order valence-corrected chi connectivity index (χ2v) is 4.88. The van der Waals surface area contributed by atoms with Crippen molar-refractivity contribution in [3.63, 3.8) is 0 Å². The Kier molecular flexibility index (Phi) is 5.68. The quantitative estimate of drug-likeness (QED) is 0.792. The third-order valence-corrected chi connectivity index (χ3v) is 3.02. The third-order valence-electron chi connectivity index (χ3n) is 2.82. The summed E-state index contributed by atoms with van der Waals surface area (Å²) in [6.07, 6.45) is -0.526. The number of halogens is 1. The van der Waals surface area contributed by atoms with Crippen molar-refractivity contribution in [2.45, 2.75) is 13.2 Å². The van der Waals surface area contributed by atoms with Crippen molar-refractivity contribution in [2.75, 3.05) is 19.1 Å². The van der Waals surface area contributed by atoms with Crippen LogP contribution in [0.2, 0.25) is 5.15 Å². The molecule has 1 aromatic heterocycles. The fraction of sp³-hybridized carbons (Fsp3) is 0.267. The summed E-state index contributed by atoms with van der Waals surface area (Å²) in [6, 6.07) is 10.9. The van der Waals surface area contributed by atoms with Crippen LogP contribution in [0, 0.1) is 0 Å². The summed E-state index contributed by atoms with van der Waals surface area (Å²) < 4.78 is 10.2. The lowest BCUT2D eigenvalue weighted by molar-refractivity contribution is 0.148. The Hall–Kier alpha value is -2.18. The number of nitrogens with zero attached hydrogens (tertiary/aromatic N) is 3. The number of rotatable bonds is 5. The minimum Gasteiger partial charge on any atom is -0.444 e. The molecule has 6 nitrogen and oxygen atoms in total. The van der Waals surface area contributed by atoms with Crippen LogP contribution in [0.15, 0.2) is 36.4 Å². The molecule has 0 saturated heterocycles. The summed E-state index contributed by atoms with van der Waals surface area (Å²) in [7, 11) is 3.09. The van der Waals surface area contributed by atoms with Crippen LogP contribution in [0.1, 0.15) is 11.4 Å².